The summed E-state index contributed by atoms with van der Waals surface area (Å²) in [5, 5.41) is 18.9. The van der Waals surface area contributed by atoms with Crippen molar-refractivity contribution in [2.75, 3.05) is 25.5 Å². The number of hydrogen-bond acceptors (Lipinski definition) is 9. The molecule has 3 aromatic rings. The number of alkyl halides is 1. The monoisotopic (exact) mass is 558 g/mol. The first-order valence-electron chi connectivity index (χ1n) is 10.4. The van der Waals surface area contributed by atoms with E-state index in [0.29, 0.717) is 28.5 Å². The second-order valence-electron chi connectivity index (χ2n) is 7.78. The third kappa shape index (κ3) is 5.02. The topological polar surface area (TPSA) is 154 Å². The number of aliphatic hydroxyl groups is 1. The average Bonchev–Trinajstić information content (AvgIpc) is 3.38. The number of halogens is 1. The number of aryl methyl sites for hydroxylation is 1. The van der Waals surface area contributed by atoms with E-state index in [1.54, 1.807) is 38.2 Å². The van der Waals surface area contributed by atoms with Gasteiger partial charge < -0.3 is 14.5 Å². The summed E-state index contributed by atoms with van der Waals surface area (Å²) in [6.07, 6.45) is -1.28. The molecule has 184 valence electrons. The molecular weight excluding hydrogens is 535 g/mol. The van der Waals surface area contributed by atoms with Gasteiger partial charge in [-0.3, -0.25) is 18.9 Å². The van der Waals surface area contributed by atoms with Crippen LogP contribution >= 0.6 is 23.7 Å². The molecule has 1 aliphatic rings. The molecule has 13 nitrogen and oxygen atoms in total. The largest absolute Gasteiger partial charge is 0.481 e. The van der Waals surface area contributed by atoms with Gasteiger partial charge in [0.25, 0.3) is 5.56 Å². The van der Waals surface area contributed by atoms with Crippen molar-refractivity contribution in [3.05, 3.63) is 56.9 Å². The maximum atomic E-state index is 13.7. The Morgan fingerprint density at radius 3 is 2.91 bits per heavy atom. The molecule has 1 unspecified atom stereocenters. The van der Waals surface area contributed by atoms with E-state index in [4.69, 9.17) is 13.9 Å². The number of aromatic nitrogens is 5. The minimum absolute atomic E-state index is 0.0789. The van der Waals surface area contributed by atoms with Crippen LogP contribution in [0.15, 0.2) is 40.1 Å². The first kappa shape index (κ1) is 24.8. The van der Waals surface area contributed by atoms with Gasteiger partial charge in [0.05, 0.1) is 12.7 Å². The maximum absolute atomic E-state index is 13.7. The van der Waals surface area contributed by atoms with Crippen LogP contribution < -0.4 is 15.9 Å². The molecular formula is C19H24BrN6O7P. The van der Waals surface area contributed by atoms with Crippen LogP contribution in [0.25, 0.3) is 11.0 Å². The second-order valence-corrected chi connectivity index (χ2v) is 10.6. The molecule has 0 saturated carbocycles. The van der Waals surface area contributed by atoms with E-state index < -0.39 is 37.4 Å². The lowest BCUT2D eigenvalue weighted by Gasteiger charge is -2.27. The Labute approximate surface area is 201 Å². The fourth-order valence-electron chi connectivity index (χ4n) is 3.44. The molecule has 1 aliphatic heterocycles. The van der Waals surface area contributed by atoms with Gasteiger partial charge >= 0.3 is 13.4 Å². The number of aliphatic hydroxyl groups excluding tert-OH is 1. The summed E-state index contributed by atoms with van der Waals surface area (Å²) in [7, 11) is -2.39. The number of nitrogens with one attached hydrogen (secondary N) is 1. The van der Waals surface area contributed by atoms with Crippen molar-refractivity contribution in [1.82, 2.24) is 29.4 Å². The van der Waals surface area contributed by atoms with E-state index >= 15 is 0 Å². The summed E-state index contributed by atoms with van der Waals surface area (Å²) < 4.78 is 33.5. The molecule has 2 aromatic heterocycles. The third-order valence-corrected chi connectivity index (χ3v) is 7.62. The predicted octanol–water partition coefficient (Wildman–Crippen LogP) is 0.818. The highest BCUT2D eigenvalue weighted by Crippen LogP contribution is 2.48. The Morgan fingerprint density at radius 2 is 2.15 bits per heavy atom. The van der Waals surface area contributed by atoms with Crippen LogP contribution in [0, 0.1) is 6.92 Å². The minimum Gasteiger partial charge on any atom is -0.390 e. The summed E-state index contributed by atoms with van der Waals surface area (Å²) in [6, 6.07) is 7.00. The molecule has 4 rings (SSSR count). The molecule has 2 N–H and O–H groups in total. The maximum Gasteiger partial charge on any atom is 0.481 e. The van der Waals surface area contributed by atoms with Crippen molar-refractivity contribution in [1.29, 1.82) is 0 Å². The number of para-hydroxylation sites is 1. The molecule has 0 amide bonds. The Hall–Kier alpha value is -2.35. The fraction of sp³-hybridized carbons (Fsp3) is 0.474. The normalized spacial score (nSPS) is 22.3. The third-order valence-electron chi connectivity index (χ3n) is 5.39. The van der Waals surface area contributed by atoms with Crippen LogP contribution in [0.2, 0.25) is 0 Å². The Kier molecular flexibility index (Phi) is 7.36. The van der Waals surface area contributed by atoms with Gasteiger partial charge in [-0.25, -0.2) is 9.36 Å². The highest BCUT2D eigenvalue weighted by atomic mass is 79.9. The zero-order chi connectivity index (χ0) is 24.5. The number of hydrogen-bond donors (Lipinski definition) is 2. The number of aromatic amines is 1. The van der Waals surface area contributed by atoms with Crippen LogP contribution in [0.3, 0.4) is 0 Å². The lowest BCUT2D eigenvalue weighted by molar-refractivity contribution is -0.0457. The summed E-state index contributed by atoms with van der Waals surface area (Å²) in [6.45, 7) is 1.60. The number of rotatable bonds is 9. The molecule has 1 saturated heterocycles. The molecule has 1 aromatic carbocycles. The quantitative estimate of drug-likeness (QED) is 0.285. The first-order valence-corrected chi connectivity index (χ1v) is 13.0. The number of nitrogens with zero attached hydrogens (tertiary/aromatic N) is 5. The van der Waals surface area contributed by atoms with Gasteiger partial charge in [0, 0.05) is 30.1 Å². The van der Waals surface area contributed by atoms with E-state index in [2.05, 4.69) is 31.2 Å². The second kappa shape index (κ2) is 10.1. The number of H-pyrrole nitrogens is 1. The van der Waals surface area contributed by atoms with Crippen LogP contribution in [0.5, 0.6) is 0 Å². The molecule has 0 aliphatic carbocycles. The fourth-order valence-corrected chi connectivity index (χ4v) is 5.61. The van der Waals surface area contributed by atoms with Crippen molar-refractivity contribution in [3.63, 3.8) is 0 Å². The zero-order valence-electron chi connectivity index (χ0n) is 18.4. The Balaban J connectivity index is 1.51. The SMILES string of the molecule is Cc1cn([C@H]2C[C@H](O)[C@@H](COP(=O)(On3nnc4ccccc43)N(C)CCBr)O2)c(=O)[nH]c1=O. The Bertz CT molecular complexity index is 1330. The van der Waals surface area contributed by atoms with Crippen molar-refractivity contribution in [2.24, 2.45) is 0 Å². The van der Waals surface area contributed by atoms with Crippen molar-refractivity contribution < 1.29 is 23.6 Å². The standard InChI is InChI=1S/C19H24BrN6O7P/c1-12-10-25(19(29)21-18(12)28)17-9-15(27)16(32-17)11-31-34(30,24(2)8-7-20)33-26-14-6-4-3-5-13(14)22-23-26/h3-6,10,15-17,27H,7-9,11H2,1-2H3,(H,21,28,29)/t15-,16+,17+,34?/m0/s1. The molecule has 0 spiro atoms. The summed E-state index contributed by atoms with van der Waals surface area (Å²) >= 11 is 3.31. The van der Waals surface area contributed by atoms with E-state index in [1.807, 2.05) is 0 Å². The highest BCUT2D eigenvalue weighted by molar-refractivity contribution is 9.09. The van der Waals surface area contributed by atoms with Crippen molar-refractivity contribution in [3.8, 4) is 0 Å². The van der Waals surface area contributed by atoms with Gasteiger partial charge in [-0.15, -0.1) is 5.10 Å². The summed E-state index contributed by atoms with van der Waals surface area (Å²) in [5.74, 6) is 0. The molecule has 4 atom stereocenters. The first-order chi connectivity index (χ1) is 16.2. The molecule has 15 heteroatoms. The van der Waals surface area contributed by atoms with Crippen LogP contribution in [-0.2, 0) is 13.8 Å². The lowest BCUT2D eigenvalue weighted by Crippen LogP contribution is -2.34. The minimum atomic E-state index is -3.96. The number of fused-ring (bicyclic) bond motifs is 1. The van der Waals surface area contributed by atoms with Gasteiger partial charge in [0.1, 0.15) is 23.4 Å². The summed E-state index contributed by atoms with van der Waals surface area (Å²) in [5.41, 5.74) is 0.235. The summed E-state index contributed by atoms with van der Waals surface area (Å²) in [4.78, 5) is 27.1. The van der Waals surface area contributed by atoms with Gasteiger partial charge in [-0.2, -0.15) is 4.67 Å². The van der Waals surface area contributed by atoms with Crippen molar-refractivity contribution >= 4 is 34.7 Å². The zero-order valence-corrected chi connectivity index (χ0v) is 20.9. The van der Waals surface area contributed by atoms with Crippen LogP contribution in [0.1, 0.15) is 18.2 Å². The van der Waals surface area contributed by atoms with Gasteiger partial charge in [-0.1, -0.05) is 32.9 Å². The van der Waals surface area contributed by atoms with Crippen LogP contribution in [0.4, 0.5) is 0 Å². The molecule has 1 fully saturated rings. The smallest absolute Gasteiger partial charge is 0.390 e. The van der Waals surface area contributed by atoms with Crippen LogP contribution in [-0.4, -0.2) is 72.2 Å². The van der Waals surface area contributed by atoms with Crippen molar-refractivity contribution in [2.45, 2.75) is 31.8 Å². The van der Waals surface area contributed by atoms with E-state index in [-0.39, 0.29) is 13.0 Å². The number of ether oxygens (including phenoxy) is 1. The van der Waals surface area contributed by atoms with Gasteiger partial charge in [-0.05, 0) is 31.3 Å². The molecule has 0 radical (unpaired) electrons. The highest BCUT2D eigenvalue weighted by Gasteiger charge is 2.40. The van der Waals surface area contributed by atoms with E-state index in [1.165, 1.54) is 15.4 Å². The van der Waals surface area contributed by atoms with E-state index in [9.17, 15) is 19.3 Å². The van der Waals surface area contributed by atoms with E-state index in [0.717, 1.165) is 4.85 Å². The van der Waals surface area contributed by atoms with Gasteiger partial charge in [0.2, 0.25) is 0 Å². The number of benzene rings is 1. The Morgan fingerprint density at radius 1 is 1.38 bits per heavy atom. The van der Waals surface area contributed by atoms with Gasteiger partial charge in [0.15, 0.2) is 0 Å². The average molecular weight is 559 g/mol. The molecule has 3 heterocycles. The molecule has 34 heavy (non-hydrogen) atoms. The predicted molar refractivity (Wildman–Crippen MR) is 125 cm³/mol. The lowest BCUT2D eigenvalue weighted by atomic mass is 10.2. The molecule has 0 bridgehead atoms.